The first kappa shape index (κ1) is 25.3. The van der Waals surface area contributed by atoms with Crippen molar-refractivity contribution in [3.05, 3.63) is 73.7 Å². The maximum atomic E-state index is 13.7. The number of thiazole rings is 1. The van der Waals surface area contributed by atoms with Gasteiger partial charge in [0.2, 0.25) is 5.91 Å². The molecule has 0 radical (unpaired) electrons. The molecule has 1 amide bonds. The Labute approximate surface area is 216 Å². The van der Waals surface area contributed by atoms with E-state index in [1.165, 1.54) is 51.9 Å². The number of rotatable bonds is 7. The lowest BCUT2D eigenvalue weighted by Gasteiger charge is -2.19. The van der Waals surface area contributed by atoms with Crippen LogP contribution in [0.25, 0.3) is 21.7 Å². The molecule has 0 aliphatic carbocycles. The number of hydrogen-bond acceptors (Lipinski definition) is 6. The molecule has 0 aliphatic heterocycles. The Kier molecular flexibility index (Phi) is 7.53. The first-order chi connectivity index (χ1) is 16.7. The van der Waals surface area contributed by atoms with Crippen LogP contribution in [0.5, 0.6) is 0 Å². The van der Waals surface area contributed by atoms with Crippen LogP contribution >= 0.6 is 35.3 Å². The number of aromatic nitrogens is 3. The van der Waals surface area contributed by atoms with Gasteiger partial charge in [0, 0.05) is 18.8 Å². The van der Waals surface area contributed by atoms with Gasteiger partial charge in [-0.15, -0.1) is 0 Å². The minimum Gasteiger partial charge on any atom is -0.343 e. The molecular formula is C25H25FN4O2S3. The molecule has 0 fully saturated rings. The third-order valence-electron chi connectivity index (χ3n) is 5.85. The van der Waals surface area contributed by atoms with Gasteiger partial charge in [0.1, 0.15) is 10.5 Å². The van der Waals surface area contributed by atoms with Crippen LogP contribution in [0, 0.1) is 23.6 Å². The third-order valence-corrected chi connectivity index (χ3v) is 8.13. The van der Waals surface area contributed by atoms with Gasteiger partial charge >= 0.3 is 0 Å². The lowest BCUT2D eigenvalue weighted by Crippen LogP contribution is -2.32. The van der Waals surface area contributed by atoms with E-state index >= 15 is 0 Å². The summed E-state index contributed by atoms with van der Waals surface area (Å²) >= 11 is 8.02. The third kappa shape index (κ3) is 4.96. The number of halogens is 1. The number of fused-ring (bicyclic) bond motifs is 1. The Bertz CT molecular complexity index is 1520. The van der Waals surface area contributed by atoms with Gasteiger partial charge in [-0.1, -0.05) is 29.2 Å². The monoisotopic (exact) mass is 528 g/mol. The van der Waals surface area contributed by atoms with Crippen molar-refractivity contribution in [3.8, 4) is 11.4 Å². The van der Waals surface area contributed by atoms with E-state index in [1.54, 1.807) is 9.47 Å². The number of hydrogen-bond donors (Lipinski definition) is 0. The summed E-state index contributed by atoms with van der Waals surface area (Å²) in [5, 5.41) is 0.347. The van der Waals surface area contributed by atoms with Gasteiger partial charge in [-0.2, -0.15) is 0 Å². The van der Waals surface area contributed by atoms with E-state index in [9.17, 15) is 14.0 Å². The predicted octanol–water partition coefficient (Wildman–Crippen LogP) is 5.68. The predicted molar refractivity (Wildman–Crippen MR) is 143 cm³/mol. The Morgan fingerprint density at radius 3 is 2.34 bits per heavy atom. The van der Waals surface area contributed by atoms with Crippen LogP contribution in [0.3, 0.4) is 0 Å². The van der Waals surface area contributed by atoms with Crippen LogP contribution in [0.15, 0.2) is 52.4 Å². The van der Waals surface area contributed by atoms with E-state index < -0.39 is 5.82 Å². The average molecular weight is 529 g/mol. The molecule has 4 rings (SSSR count). The lowest BCUT2D eigenvalue weighted by atomic mass is 10.1. The number of benzene rings is 2. The van der Waals surface area contributed by atoms with Crippen molar-refractivity contribution >= 4 is 51.6 Å². The van der Waals surface area contributed by atoms with Crippen LogP contribution in [-0.2, 0) is 4.79 Å². The van der Waals surface area contributed by atoms with E-state index in [4.69, 9.17) is 17.2 Å². The summed E-state index contributed by atoms with van der Waals surface area (Å²) in [5.41, 5.74) is 3.69. The first-order valence-electron chi connectivity index (χ1n) is 11.2. The second-order valence-corrected chi connectivity index (χ2v) is 10.6. The normalized spacial score (nSPS) is 11.2. The van der Waals surface area contributed by atoms with Gasteiger partial charge in [0.05, 0.1) is 11.4 Å². The van der Waals surface area contributed by atoms with Crippen molar-refractivity contribution in [2.45, 2.75) is 32.9 Å². The number of carbonyl (C=O) groups excluding carboxylic acids is 1. The van der Waals surface area contributed by atoms with E-state index in [0.717, 1.165) is 16.8 Å². The molecule has 10 heteroatoms. The minimum absolute atomic E-state index is 0.0451. The molecule has 182 valence electrons. The summed E-state index contributed by atoms with van der Waals surface area (Å²) in [5.74, 6) is -0.329. The smallest absolute Gasteiger partial charge is 0.278 e. The highest BCUT2D eigenvalue weighted by atomic mass is 32.2. The minimum atomic E-state index is -0.404. The molecule has 2 aromatic carbocycles. The first-order valence-corrected chi connectivity index (χ1v) is 13.4. The van der Waals surface area contributed by atoms with Crippen LogP contribution in [-0.4, -0.2) is 43.8 Å². The highest BCUT2D eigenvalue weighted by molar-refractivity contribution is 7.99. The quantitative estimate of drug-likeness (QED) is 0.175. The van der Waals surface area contributed by atoms with Crippen LogP contribution in [0.4, 0.5) is 4.39 Å². The molecule has 35 heavy (non-hydrogen) atoms. The largest absolute Gasteiger partial charge is 0.343 e. The lowest BCUT2D eigenvalue weighted by molar-refractivity contribution is -0.127. The molecule has 0 spiro atoms. The SMILES string of the molecule is CCN(CC)C(=O)CSc1nc2c(sc(=S)n2-c2ccc(C)c(C)c2)c(=O)n1-c1ccc(F)cc1. The van der Waals surface area contributed by atoms with Crippen LogP contribution in [0.1, 0.15) is 25.0 Å². The molecule has 4 aromatic rings. The molecule has 0 unspecified atom stereocenters. The van der Waals surface area contributed by atoms with Gasteiger partial charge < -0.3 is 4.90 Å². The van der Waals surface area contributed by atoms with Crippen molar-refractivity contribution in [2.75, 3.05) is 18.8 Å². The average Bonchev–Trinajstić information content (AvgIpc) is 3.17. The zero-order valence-electron chi connectivity index (χ0n) is 19.9. The zero-order valence-corrected chi connectivity index (χ0v) is 22.3. The molecule has 0 saturated heterocycles. The van der Waals surface area contributed by atoms with Crippen molar-refractivity contribution < 1.29 is 9.18 Å². The molecule has 0 saturated carbocycles. The molecule has 0 N–H and O–H groups in total. The molecule has 2 heterocycles. The Morgan fingerprint density at radius 1 is 1.06 bits per heavy atom. The summed E-state index contributed by atoms with van der Waals surface area (Å²) in [6.07, 6.45) is 0. The van der Waals surface area contributed by atoms with E-state index in [0.29, 0.717) is 38.2 Å². The number of amides is 1. The van der Waals surface area contributed by atoms with E-state index in [2.05, 4.69) is 0 Å². The summed E-state index contributed by atoms with van der Waals surface area (Å²) < 4.78 is 17.7. The van der Waals surface area contributed by atoms with Crippen molar-refractivity contribution in [3.63, 3.8) is 0 Å². The number of thioether (sulfide) groups is 1. The van der Waals surface area contributed by atoms with E-state index in [1.807, 2.05) is 45.9 Å². The maximum Gasteiger partial charge on any atom is 0.278 e. The highest BCUT2D eigenvalue weighted by Crippen LogP contribution is 2.28. The molecule has 6 nitrogen and oxygen atoms in total. The van der Waals surface area contributed by atoms with Gasteiger partial charge in [-0.3, -0.25) is 18.7 Å². The standard InChI is InChI=1S/C25H25FN4O2S3/c1-5-28(6-2)20(31)14-34-24-27-22-21(23(32)30(24)18-11-8-17(26)9-12-18)35-25(33)29(22)19-10-7-15(3)16(4)13-19/h7-13H,5-6,14H2,1-4H3. The van der Waals surface area contributed by atoms with Crippen LogP contribution < -0.4 is 5.56 Å². The fraction of sp³-hybridized carbons (Fsp3) is 0.280. The van der Waals surface area contributed by atoms with Gasteiger partial charge in [0.15, 0.2) is 14.8 Å². The maximum absolute atomic E-state index is 13.7. The zero-order chi connectivity index (χ0) is 25.3. The fourth-order valence-electron chi connectivity index (χ4n) is 3.74. The fourth-order valence-corrected chi connectivity index (χ4v) is 5.95. The highest BCUT2D eigenvalue weighted by Gasteiger charge is 2.21. The topological polar surface area (TPSA) is 60.1 Å². The Hall–Kier alpha value is -2.82. The van der Waals surface area contributed by atoms with Crippen molar-refractivity contribution in [2.24, 2.45) is 0 Å². The number of nitrogens with zero attached hydrogens (tertiary/aromatic N) is 4. The summed E-state index contributed by atoms with van der Waals surface area (Å²) in [4.78, 5) is 33.0. The van der Waals surface area contributed by atoms with Gasteiger partial charge in [-0.05, 0) is 87.4 Å². The summed E-state index contributed by atoms with van der Waals surface area (Å²) in [7, 11) is 0. The number of carbonyl (C=O) groups is 1. The number of aryl methyl sites for hydroxylation is 2. The summed E-state index contributed by atoms with van der Waals surface area (Å²) in [6, 6.07) is 11.6. The molecule has 0 aliphatic rings. The second-order valence-electron chi connectivity index (χ2n) is 7.99. The summed E-state index contributed by atoms with van der Waals surface area (Å²) in [6.45, 7) is 9.10. The van der Waals surface area contributed by atoms with Gasteiger partial charge in [-0.25, -0.2) is 9.37 Å². The van der Waals surface area contributed by atoms with Crippen molar-refractivity contribution in [1.29, 1.82) is 0 Å². The molecule has 0 atom stereocenters. The Balaban J connectivity index is 1.92. The van der Waals surface area contributed by atoms with Crippen LogP contribution in [0.2, 0.25) is 0 Å². The second kappa shape index (κ2) is 10.4. The Morgan fingerprint density at radius 2 is 1.71 bits per heavy atom. The molecule has 2 aromatic heterocycles. The molecule has 0 bridgehead atoms. The van der Waals surface area contributed by atoms with Crippen molar-refractivity contribution in [1.82, 2.24) is 19.0 Å². The molecular weight excluding hydrogens is 504 g/mol. The van der Waals surface area contributed by atoms with E-state index in [-0.39, 0.29) is 17.2 Å². The van der Waals surface area contributed by atoms with Gasteiger partial charge in [0.25, 0.3) is 5.56 Å².